The maximum absolute atomic E-state index is 11.8. The van der Waals surface area contributed by atoms with E-state index in [0.29, 0.717) is 6.61 Å². The van der Waals surface area contributed by atoms with Gasteiger partial charge in [0.15, 0.2) is 0 Å². The second kappa shape index (κ2) is 10.3. The monoisotopic (exact) mass is 394 g/mol. The van der Waals surface area contributed by atoms with Gasteiger partial charge in [0.05, 0.1) is 13.2 Å². The average Bonchev–Trinajstić information content (AvgIpc) is 2.62. The maximum atomic E-state index is 11.8. The van der Waals surface area contributed by atoms with Crippen molar-refractivity contribution in [2.45, 2.75) is 38.8 Å². The third-order valence-electron chi connectivity index (χ3n) is 4.13. The summed E-state index contributed by atoms with van der Waals surface area (Å²) in [6, 6.07) is 6.15. The molecule has 0 saturated carbocycles. The van der Waals surface area contributed by atoms with E-state index < -0.39 is 23.7 Å². The Morgan fingerprint density at radius 2 is 1.86 bits per heavy atom. The molecule has 8 nitrogen and oxygen atoms in total. The predicted molar refractivity (Wildman–Crippen MR) is 104 cm³/mol. The first-order chi connectivity index (χ1) is 13.2. The highest BCUT2D eigenvalue weighted by Gasteiger charge is 2.24. The molecule has 1 aliphatic rings. The number of morpholine rings is 1. The van der Waals surface area contributed by atoms with Gasteiger partial charge in [-0.25, -0.2) is 9.59 Å². The molecule has 0 bridgehead atoms. The number of ether oxygens (including phenoxy) is 3. The van der Waals surface area contributed by atoms with Crippen LogP contribution in [-0.4, -0.2) is 73.2 Å². The fraction of sp³-hybridized carbons (Fsp3) is 0.600. The van der Waals surface area contributed by atoms with Gasteiger partial charge in [-0.05, 0) is 38.5 Å². The third kappa shape index (κ3) is 8.14. The van der Waals surface area contributed by atoms with Crippen LogP contribution in [-0.2, 0) is 20.7 Å². The Balaban J connectivity index is 1.81. The molecule has 0 aromatic heterocycles. The Bertz CT molecular complexity index is 635. The number of carboxylic acids is 1. The van der Waals surface area contributed by atoms with E-state index in [4.69, 9.17) is 14.2 Å². The van der Waals surface area contributed by atoms with E-state index in [1.165, 1.54) is 0 Å². The van der Waals surface area contributed by atoms with Crippen molar-refractivity contribution in [2.75, 3.05) is 39.5 Å². The van der Waals surface area contributed by atoms with Crippen molar-refractivity contribution < 1.29 is 28.9 Å². The van der Waals surface area contributed by atoms with Crippen molar-refractivity contribution in [3.63, 3.8) is 0 Å². The Morgan fingerprint density at radius 3 is 2.43 bits per heavy atom. The van der Waals surface area contributed by atoms with Gasteiger partial charge in [-0.3, -0.25) is 4.90 Å². The zero-order chi connectivity index (χ0) is 20.6. The smallest absolute Gasteiger partial charge is 0.408 e. The molecular formula is C20H30N2O6. The van der Waals surface area contributed by atoms with Crippen LogP contribution in [0.25, 0.3) is 0 Å². The first-order valence-corrected chi connectivity index (χ1v) is 9.47. The van der Waals surface area contributed by atoms with Gasteiger partial charge in [0, 0.05) is 26.1 Å². The summed E-state index contributed by atoms with van der Waals surface area (Å²) in [6.45, 7) is 9.95. The van der Waals surface area contributed by atoms with Crippen molar-refractivity contribution in [1.82, 2.24) is 10.2 Å². The summed E-state index contributed by atoms with van der Waals surface area (Å²) in [5, 5.41) is 11.8. The highest BCUT2D eigenvalue weighted by Crippen LogP contribution is 2.14. The largest absolute Gasteiger partial charge is 0.492 e. The van der Waals surface area contributed by atoms with Crippen LogP contribution in [0.15, 0.2) is 24.3 Å². The summed E-state index contributed by atoms with van der Waals surface area (Å²) in [6.07, 6.45) is -0.592. The van der Waals surface area contributed by atoms with E-state index in [9.17, 15) is 14.7 Å². The fourth-order valence-corrected chi connectivity index (χ4v) is 2.72. The molecule has 1 fully saturated rings. The lowest BCUT2D eigenvalue weighted by atomic mass is 10.1. The maximum Gasteiger partial charge on any atom is 0.408 e. The fourth-order valence-electron chi connectivity index (χ4n) is 2.72. The molecular weight excluding hydrogens is 364 g/mol. The van der Waals surface area contributed by atoms with Crippen LogP contribution < -0.4 is 10.1 Å². The van der Waals surface area contributed by atoms with Crippen molar-refractivity contribution in [1.29, 1.82) is 0 Å². The van der Waals surface area contributed by atoms with Crippen LogP contribution in [0, 0.1) is 0 Å². The van der Waals surface area contributed by atoms with Gasteiger partial charge in [-0.2, -0.15) is 0 Å². The van der Waals surface area contributed by atoms with Gasteiger partial charge in [-0.1, -0.05) is 12.1 Å². The number of nitrogens with one attached hydrogen (secondary N) is 1. The lowest BCUT2D eigenvalue weighted by Crippen LogP contribution is -2.44. The number of carbonyl (C=O) groups excluding carboxylic acids is 1. The van der Waals surface area contributed by atoms with Crippen LogP contribution in [0.3, 0.4) is 0 Å². The first kappa shape index (κ1) is 22.0. The number of alkyl carbamates (subject to hydrolysis) is 1. The highest BCUT2D eigenvalue weighted by molar-refractivity contribution is 5.80. The molecule has 1 aromatic carbocycles. The molecule has 1 aliphatic heterocycles. The number of carbonyl (C=O) groups is 2. The molecule has 1 amide bonds. The molecule has 0 spiro atoms. The summed E-state index contributed by atoms with van der Waals surface area (Å²) in [5.41, 5.74) is 0.0943. The van der Waals surface area contributed by atoms with Gasteiger partial charge < -0.3 is 24.6 Å². The quantitative estimate of drug-likeness (QED) is 0.695. The minimum absolute atomic E-state index is 0.155. The number of hydrogen-bond donors (Lipinski definition) is 2. The minimum atomic E-state index is -1.11. The second-order valence-electron chi connectivity index (χ2n) is 7.69. The van der Waals surface area contributed by atoms with Crippen LogP contribution in [0.4, 0.5) is 4.79 Å². The predicted octanol–water partition coefficient (Wildman–Crippen LogP) is 1.92. The van der Waals surface area contributed by atoms with Crippen LogP contribution in [0.5, 0.6) is 5.75 Å². The number of nitrogens with zero attached hydrogens (tertiary/aromatic N) is 1. The molecule has 156 valence electrons. The van der Waals surface area contributed by atoms with E-state index >= 15 is 0 Å². The van der Waals surface area contributed by atoms with E-state index in [1.807, 2.05) is 0 Å². The molecule has 1 aromatic rings. The molecule has 0 unspecified atom stereocenters. The van der Waals surface area contributed by atoms with E-state index in [2.05, 4.69) is 10.2 Å². The summed E-state index contributed by atoms with van der Waals surface area (Å²) in [7, 11) is 0. The van der Waals surface area contributed by atoms with Crippen molar-refractivity contribution in [3.8, 4) is 5.75 Å². The third-order valence-corrected chi connectivity index (χ3v) is 4.13. The first-order valence-electron chi connectivity index (χ1n) is 9.47. The molecule has 1 saturated heterocycles. The lowest BCUT2D eigenvalue weighted by Gasteiger charge is -2.26. The Labute approximate surface area is 165 Å². The van der Waals surface area contributed by atoms with Gasteiger partial charge in [-0.15, -0.1) is 0 Å². The molecule has 2 rings (SSSR count). The molecule has 0 aliphatic carbocycles. The summed E-state index contributed by atoms with van der Waals surface area (Å²) >= 11 is 0. The topological polar surface area (TPSA) is 97.3 Å². The molecule has 1 heterocycles. The average molecular weight is 394 g/mol. The second-order valence-corrected chi connectivity index (χ2v) is 7.69. The Hall–Kier alpha value is -2.32. The molecule has 28 heavy (non-hydrogen) atoms. The number of amides is 1. The van der Waals surface area contributed by atoms with Crippen molar-refractivity contribution in [3.05, 3.63) is 29.8 Å². The molecule has 8 heteroatoms. The standard InChI is InChI=1S/C20H30N2O6/c1-20(2,3)28-19(25)21-17(18(23)24)14-15-4-6-16(7-5-15)27-13-10-22-8-11-26-12-9-22/h4-7,17H,8-14H2,1-3H3,(H,21,25)(H,23,24)/t17-/m0/s1. The Morgan fingerprint density at radius 1 is 1.21 bits per heavy atom. The van der Waals surface area contributed by atoms with E-state index in [-0.39, 0.29) is 6.42 Å². The van der Waals surface area contributed by atoms with Crippen molar-refractivity contribution >= 4 is 12.1 Å². The van der Waals surface area contributed by atoms with Gasteiger partial charge in [0.25, 0.3) is 0 Å². The number of aliphatic carboxylic acids is 1. The number of hydrogen-bond acceptors (Lipinski definition) is 6. The van der Waals surface area contributed by atoms with E-state index in [1.54, 1.807) is 45.0 Å². The van der Waals surface area contributed by atoms with Gasteiger partial charge >= 0.3 is 12.1 Å². The summed E-state index contributed by atoms with van der Waals surface area (Å²) in [4.78, 5) is 25.6. The Kier molecular flexibility index (Phi) is 8.07. The van der Waals surface area contributed by atoms with E-state index in [0.717, 1.165) is 44.2 Å². The zero-order valence-corrected chi connectivity index (χ0v) is 16.8. The highest BCUT2D eigenvalue weighted by atomic mass is 16.6. The molecule has 1 atom stereocenters. The summed E-state index contributed by atoms with van der Waals surface area (Å²) in [5.74, 6) is -0.388. The molecule has 0 radical (unpaired) electrons. The van der Waals surface area contributed by atoms with Crippen LogP contribution in [0.2, 0.25) is 0 Å². The SMILES string of the molecule is CC(C)(C)OC(=O)N[C@@H](Cc1ccc(OCCN2CCOCC2)cc1)C(=O)O. The van der Waals surface area contributed by atoms with Crippen molar-refractivity contribution in [2.24, 2.45) is 0 Å². The molecule has 2 N–H and O–H groups in total. The van der Waals surface area contributed by atoms with Crippen LogP contribution in [0.1, 0.15) is 26.3 Å². The number of benzene rings is 1. The van der Waals surface area contributed by atoms with Crippen LogP contribution >= 0.6 is 0 Å². The van der Waals surface area contributed by atoms with Gasteiger partial charge in [0.1, 0.15) is 24.0 Å². The normalized spacial score (nSPS) is 16.2. The number of carboxylic acid groups (broad SMARTS) is 1. The minimum Gasteiger partial charge on any atom is -0.492 e. The zero-order valence-electron chi connectivity index (χ0n) is 16.8. The van der Waals surface area contributed by atoms with Gasteiger partial charge in [0.2, 0.25) is 0 Å². The summed E-state index contributed by atoms with van der Waals surface area (Å²) < 4.78 is 16.2. The number of rotatable bonds is 8. The lowest BCUT2D eigenvalue weighted by molar-refractivity contribution is -0.139.